The molecular weight excluding hydrogens is 315 g/mol. The summed E-state index contributed by atoms with van der Waals surface area (Å²) in [6, 6.07) is 4.89. The van der Waals surface area contributed by atoms with Gasteiger partial charge in [-0.1, -0.05) is 42.6 Å². The highest BCUT2D eigenvalue weighted by molar-refractivity contribution is 6.44. The molecule has 1 aromatic carbocycles. The zero-order chi connectivity index (χ0) is 16.0. The van der Waals surface area contributed by atoms with E-state index in [1.54, 1.807) is 25.1 Å². The zero-order valence-electron chi connectivity index (χ0n) is 11.9. The van der Waals surface area contributed by atoms with Crippen LogP contribution in [0.15, 0.2) is 18.2 Å². The highest BCUT2D eigenvalue weighted by Crippen LogP contribution is 2.29. The van der Waals surface area contributed by atoms with Gasteiger partial charge in [-0.3, -0.25) is 14.9 Å². The number of halogens is 2. The molecule has 0 aliphatic carbocycles. The topological polar surface area (TPSA) is 78.4 Å². The van der Waals surface area contributed by atoms with E-state index in [-0.39, 0.29) is 17.5 Å². The van der Waals surface area contributed by atoms with E-state index >= 15 is 0 Å². The fourth-order valence-electron chi connectivity index (χ4n) is 1.84. The number of carboxylic acid groups (broad SMARTS) is 1. The third-order valence-corrected chi connectivity index (χ3v) is 3.91. The molecule has 0 aromatic heterocycles. The van der Waals surface area contributed by atoms with Gasteiger partial charge in [0.15, 0.2) is 0 Å². The van der Waals surface area contributed by atoms with E-state index < -0.39 is 11.5 Å². The van der Waals surface area contributed by atoms with Crippen molar-refractivity contribution in [3.63, 3.8) is 0 Å². The second-order valence-corrected chi connectivity index (χ2v) is 5.68. The van der Waals surface area contributed by atoms with Gasteiger partial charge in [0.2, 0.25) is 5.91 Å². The van der Waals surface area contributed by atoms with Crippen LogP contribution in [-0.2, 0) is 9.59 Å². The summed E-state index contributed by atoms with van der Waals surface area (Å²) in [6.45, 7) is 3.30. The molecule has 1 unspecified atom stereocenters. The number of benzene rings is 1. The number of anilines is 1. The minimum Gasteiger partial charge on any atom is -0.480 e. The monoisotopic (exact) mass is 332 g/mol. The molecule has 0 saturated heterocycles. The van der Waals surface area contributed by atoms with E-state index in [9.17, 15) is 14.7 Å². The Kier molecular flexibility index (Phi) is 6.45. The molecule has 0 fully saturated rings. The van der Waals surface area contributed by atoms with Crippen molar-refractivity contribution in [1.82, 2.24) is 5.32 Å². The minimum absolute atomic E-state index is 0.133. The first-order valence-electron chi connectivity index (χ1n) is 6.52. The normalized spacial score (nSPS) is 13.5. The van der Waals surface area contributed by atoms with Crippen LogP contribution in [0.5, 0.6) is 0 Å². The number of carbonyl (C=O) groups excluding carboxylic acids is 1. The van der Waals surface area contributed by atoms with Crippen molar-refractivity contribution in [2.45, 2.75) is 32.2 Å². The predicted molar refractivity (Wildman–Crippen MR) is 84.0 cm³/mol. The molecule has 7 heteroatoms. The van der Waals surface area contributed by atoms with Crippen LogP contribution in [0, 0.1) is 0 Å². The standard InChI is InChI=1S/C14H18Cl2N2O3/c1-3-7-14(2,13(20)21)17-8-11(19)18-10-6-4-5-9(15)12(10)16/h4-6,17H,3,7-8H2,1-2H3,(H,18,19)(H,20,21). The second kappa shape index (κ2) is 7.64. The molecule has 0 heterocycles. The molecule has 0 bridgehead atoms. The van der Waals surface area contributed by atoms with Gasteiger partial charge in [-0.2, -0.15) is 0 Å². The van der Waals surface area contributed by atoms with Gasteiger partial charge in [-0.05, 0) is 25.5 Å². The lowest BCUT2D eigenvalue weighted by Crippen LogP contribution is -2.51. The molecule has 1 amide bonds. The smallest absolute Gasteiger partial charge is 0.323 e. The first-order valence-corrected chi connectivity index (χ1v) is 7.28. The van der Waals surface area contributed by atoms with Gasteiger partial charge < -0.3 is 10.4 Å². The third kappa shape index (κ3) is 4.88. The number of rotatable bonds is 7. The lowest BCUT2D eigenvalue weighted by Gasteiger charge is -2.25. The molecule has 0 radical (unpaired) electrons. The van der Waals surface area contributed by atoms with Crippen LogP contribution in [0.1, 0.15) is 26.7 Å². The molecular formula is C14H18Cl2N2O3. The van der Waals surface area contributed by atoms with Crippen molar-refractivity contribution in [3.05, 3.63) is 28.2 Å². The van der Waals surface area contributed by atoms with Crippen molar-refractivity contribution in [3.8, 4) is 0 Å². The Labute approximate surface area is 133 Å². The molecule has 0 saturated carbocycles. The summed E-state index contributed by atoms with van der Waals surface area (Å²) in [5, 5.41) is 15.2. The van der Waals surface area contributed by atoms with Crippen LogP contribution in [0.3, 0.4) is 0 Å². The number of hydrogen-bond acceptors (Lipinski definition) is 3. The molecule has 1 atom stereocenters. The number of carbonyl (C=O) groups is 2. The summed E-state index contributed by atoms with van der Waals surface area (Å²) in [6.07, 6.45) is 1.12. The maximum absolute atomic E-state index is 11.9. The number of amides is 1. The van der Waals surface area contributed by atoms with E-state index in [1.807, 2.05) is 6.92 Å². The van der Waals surface area contributed by atoms with Crippen molar-refractivity contribution in [2.24, 2.45) is 0 Å². The van der Waals surface area contributed by atoms with Gasteiger partial charge in [0, 0.05) is 0 Å². The van der Waals surface area contributed by atoms with Crippen molar-refractivity contribution >= 4 is 40.8 Å². The summed E-state index contributed by atoms with van der Waals surface area (Å²) in [7, 11) is 0. The fraction of sp³-hybridized carbons (Fsp3) is 0.429. The van der Waals surface area contributed by atoms with Gasteiger partial charge in [0.1, 0.15) is 5.54 Å². The van der Waals surface area contributed by atoms with Gasteiger partial charge in [-0.25, -0.2) is 0 Å². The van der Waals surface area contributed by atoms with Gasteiger partial charge >= 0.3 is 5.97 Å². The Morgan fingerprint density at radius 1 is 1.33 bits per heavy atom. The van der Waals surface area contributed by atoms with Crippen molar-refractivity contribution in [1.29, 1.82) is 0 Å². The first kappa shape index (κ1) is 17.8. The van der Waals surface area contributed by atoms with Gasteiger partial charge in [-0.15, -0.1) is 0 Å². The van der Waals surface area contributed by atoms with E-state index in [2.05, 4.69) is 10.6 Å². The summed E-state index contributed by atoms with van der Waals surface area (Å²) < 4.78 is 0. The van der Waals surface area contributed by atoms with Crippen molar-refractivity contribution < 1.29 is 14.7 Å². The van der Waals surface area contributed by atoms with Crippen LogP contribution in [0.4, 0.5) is 5.69 Å². The molecule has 3 N–H and O–H groups in total. The molecule has 0 aliphatic heterocycles. The quantitative estimate of drug-likeness (QED) is 0.716. The largest absolute Gasteiger partial charge is 0.480 e. The fourth-order valence-corrected chi connectivity index (χ4v) is 2.19. The Bertz CT molecular complexity index is 537. The first-order chi connectivity index (χ1) is 9.80. The number of nitrogens with one attached hydrogen (secondary N) is 2. The molecule has 116 valence electrons. The van der Waals surface area contributed by atoms with Crippen molar-refractivity contribution in [2.75, 3.05) is 11.9 Å². The minimum atomic E-state index is -1.13. The molecule has 1 aromatic rings. The van der Waals surface area contributed by atoms with Crippen LogP contribution < -0.4 is 10.6 Å². The van der Waals surface area contributed by atoms with Gasteiger partial charge in [0.05, 0.1) is 22.3 Å². The van der Waals surface area contributed by atoms with Crippen LogP contribution in [0.25, 0.3) is 0 Å². The Morgan fingerprint density at radius 2 is 2.00 bits per heavy atom. The predicted octanol–water partition coefficient (Wildman–Crippen LogP) is 3.16. The van der Waals surface area contributed by atoms with E-state index in [4.69, 9.17) is 23.2 Å². The maximum Gasteiger partial charge on any atom is 0.323 e. The molecule has 1 rings (SSSR count). The highest BCUT2D eigenvalue weighted by Gasteiger charge is 2.31. The molecule has 5 nitrogen and oxygen atoms in total. The number of carboxylic acids is 1. The third-order valence-electron chi connectivity index (χ3n) is 3.09. The SMILES string of the molecule is CCCC(C)(NCC(=O)Nc1cccc(Cl)c1Cl)C(=O)O. The van der Waals surface area contributed by atoms with Gasteiger partial charge in [0.25, 0.3) is 0 Å². The lowest BCUT2D eigenvalue weighted by molar-refractivity contribution is -0.144. The highest BCUT2D eigenvalue weighted by atomic mass is 35.5. The Balaban J connectivity index is 2.65. The molecule has 0 spiro atoms. The maximum atomic E-state index is 11.9. The second-order valence-electron chi connectivity index (χ2n) is 4.89. The van der Waals surface area contributed by atoms with E-state index in [0.717, 1.165) is 0 Å². The summed E-state index contributed by atoms with van der Waals surface area (Å²) in [5.74, 6) is -1.37. The Hall–Kier alpha value is -1.30. The number of hydrogen-bond donors (Lipinski definition) is 3. The van der Waals surface area contributed by atoms with E-state index in [1.165, 1.54) is 0 Å². The summed E-state index contributed by atoms with van der Waals surface area (Å²) in [5.41, 5.74) is -0.743. The summed E-state index contributed by atoms with van der Waals surface area (Å²) in [4.78, 5) is 23.1. The van der Waals surface area contributed by atoms with Crippen LogP contribution >= 0.6 is 23.2 Å². The number of aliphatic carboxylic acids is 1. The van der Waals surface area contributed by atoms with Crippen LogP contribution in [-0.4, -0.2) is 29.1 Å². The lowest BCUT2D eigenvalue weighted by atomic mass is 9.96. The van der Waals surface area contributed by atoms with Crippen LogP contribution in [0.2, 0.25) is 10.0 Å². The average Bonchev–Trinajstić information content (AvgIpc) is 2.42. The Morgan fingerprint density at radius 3 is 2.57 bits per heavy atom. The van der Waals surface area contributed by atoms with E-state index in [0.29, 0.717) is 23.6 Å². The summed E-state index contributed by atoms with van der Waals surface area (Å²) >= 11 is 11.8. The molecule has 0 aliphatic rings. The average molecular weight is 333 g/mol. The zero-order valence-corrected chi connectivity index (χ0v) is 13.4. The molecule has 21 heavy (non-hydrogen) atoms.